The summed E-state index contributed by atoms with van der Waals surface area (Å²) in [6.45, 7) is 0. The fourth-order valence-corrected chi connectivity index (χ4v) is 2.63. The molecular weight excluding hydrogens is 222 g/mol. The monoisotopic (exact) mass is 235 g/mol. The average molecular weight is 235 g/mol. The highest BCUT2D eigenvalue weighted by Gasteiger charge is 2.27. The molecule has 0 radical (unpaired) electrons. The fraction of sp³-hybridized carbons (Fsp3) is 0.125. The van der Waals surface area contributed by atoms with Gasteiger partial charge in [-0.15, -0.1) is 0 Å². The molecule has 1 aliphatic carbocycles. The zero-order chi connectivity index (χ0) is 11.9. The summed E-state index contributed by atoms with van der Waals surface area (Å²) in [4.78, 5) is 0. The highest BCUT2D eigenvalue weighted by Crippen LogP contribution is 2.39. The lowest BCUT2D eigenvalue weighted by atomic mass is 10.0. The molecule has 2 aromatic rings. The van der Waals surface area contributed by atoms with Gasteiger partial charge in [0.2, 0.25) is 0 Å². The SMILES string of the molecule is C1=CC2Oc3c(ccc4ccccc34)N[C@@H]2C=C1. The third-order valence-corrected chi connectivity index (χ3v) is 3.54. The lowest BCUT2D eigenvalue weighted by Gasteiger charge is -2.33. The van der Waals surface area contributed by atoms with Gasteiger partial charge < -0.3 is 10.1 Å². The van der Waals surface area contributed by atoms with Crippen molar-refractivity contribution in [1.82, 2.24) is 0 Å². The van der Waals surface area contributed by atoms with Crippen LogP contribution in [0.3, 0.4) is 0 Å². The van der Waals surface area contributed by atoms with Crippen LogP contribution in [-0.4, -0.2) is 12.1 Å². The van der Waals surface area contributed by atoms with Gasteiger partial charge in [0.1, 0.15) is 6.10 Å². The van der Waals surface area contributed by atoms with E-state index < -0.39 is 0 Å². The molecule has 2 heteroatoms. The molecule has 2 atom stereocenters. The number of hydrogen-bond acceptors (Lipinski definition) is 2. The van der Waals surface area contributed by atoms with E-state index in [2.05, 4.69) is 59.9 Å². The molecule has 0 spiro atoms. The molecule has 2 nitrogen and oxygen atoms in total. The minimum Gasteiger partial charge on any atom is -0.481 e. The van der Waals surface area contributed by atoms with Gasteiger partial charge in [0, 0.05) is 5.39 Å². The van der Waals surface area contributed by atoms with Crippen molar-refractivity contribution in [3.63, 3.8) is 0 Å². The number of ether oxygens (including phenoxy) is 1. The smallest absolute Gasteiger partial charge is 0.151 e. The van der Waals surface area contributed by atoms with Crippen molar-refractivity contribution in [3.05, 3.63) is 60.7 Å². The summed E-state index contributed by atoms with van der Waals surface area (Å²) >= 11 is 0. The maximum Gasteiger partial charge on any atom is 0.151 e. The van der Waals surface area contributed by atoms with Gasteiger partial charge in [0.25, 0.3) is 0 Å². The van der Waals surface area contributed by atoms with Crippen LogP contribution in [-0.2, 0) is 0 Å². The molecule has 18 heavy (non-hydrogen) atoms. The Morgan fingerprint density at radius 1 is 0.944 bits per heavy atom. The lowest BCUT2D eigenvalue weighted by molar-refractivity contribution is 0.232. The number of allylic oxidation sites excluding steroid dienone is 2. The third-order valence-electron chi connectivity index (χ3n) is 3.54. The number of rotatable bonds is 0. The first-order valence-electron chi connectivity index (χ1n) is 6.22. The summed E-state index contributed by atoms with van der Waals surface area (Å²) in [5.74, 6) is 0.967. The second-order valence-electron chi connectivity index (χ2n) is 4.69. The van der Waals surface area contributed by atoms with Gasteiger partial charge in [-0.3, -0.25) is 0 Å². The minimum absolute atomic E-state index is 0.0910. The van der Waals surface area contributed by atoms with E-state index >= 15 is 0 Å². The first-order valence-corrected chi connectivity index (χ1v) is 6.22. The Labute approximate surface area is 106 Å². The zero-order valence-corrected chi connectivity index (χ0v) is 9.84. The third kappa shape index (κ3) is 1.35. The van der Waals surface area contributed by atoms with Crippen LogP contribution in [0.5, 0.6) is 5.75 Å². The van der Waals surface area contributed by atoms with Crippen molar-refractivity contribution in [2.24, 2.45) is 0 Å². The van der Waals surface area contributed by atoms with Gasteiger partial charge in [-0.2, -0.15) is 0 Å². The first-order chi connectivity index (χ1) is 8.92. The second-order valence-corrected chi connectivity index (χ2v) is 4.69. The molecule has 0 fully saturated rings. The van der Waals surface area contributed by atoms with Crippen molar-refractivity contribution in [1.29, 1.82) is 0 Å². The van der Waals surface area contributed by atoms with Crippen LogP contribution in [0.15, 0.2) is 60.7 Å². The van der Waals surface area contributed by atoms with Crippen molar-refractivity contribution in [2.45, 2.75) is 12.1 Å². The highest BCUT2D eigenvalue weighted by atomic mass is 16.5. The Kier molecular flexibility index (Phi) is 1.97. The first kappa shape index (κ1) is 9.77. The average Bonchev–Trinajstić information content (AvgIpc) is 2.45. The van der Waals surface area contributed by atoms with Gasteiger partial charge in [-0.1, -0.05) is 48.6 Å². The molecule has 1 N–H and O–H groups in total. The van der Waals surface area contributed by atoms with E-state index in [1.807, 2.05) is 6.08 Å². The Bertz CT molecular complexity index is 672. The van der Waals surface area contributed by atoms with Crippen LogP contribution in [0.2, 0.25) is 0 Å². The Balaban J connectivity index is 1.90. The topological polar surface area (TPSA) is 21.3 Å². The summed E-state index contributed by atoms with van der Waals surface area (Å²) in [5, 5.41) is 5.91. The molecule has 2 aliphatic rings. The van der Waals surface area contributed by atoms with Crippen molar-refractivity contribution >= 4 is 16.5 Å². The Morgan fingerprint density at radius 3 is 2.83 bits per heavy atom. The van der Waals surface area contributed by atoms with E-state index in [0.29, 0.717) is 0 Å². The van der Waals surface area contributed by atoms with Crippen LogP contribution >= 0.6 is 0 Å². The number of hydrogen-bond donors (Lipinski definition) is 1. The maximum absolute atomic E-state index is 6.15. The van der Waals surface area contributed by atoms with Crippen molar-refractivity contribution in [2.75, 3.05) is 5.32 Å². The van der Waals surface area contributed by atoms with E-state index in [1.165, 1.54) is 10.8 Å². The second kappa shape index (κ2) is 3.64. The van der Waals surface area contributed by atoms with Crippen LogP contribution in [0.25, 0.3) is 10.8 Å². The van der Waals surface area contributed by atoms with Crippen LogP contribution < -0.4 is 10.1 Å². The van der Waals surface area contributed by atoms with Gasteiger partial charge in [0.15, 0.2) is 5.75 Å². The minimum atomic E-state index is 0.0910. The lowest BCUT2D eigenvalue weighted by Crippen LogP contribution is -2.39. The quantitative estimate of drug-likeness (QED) is 0.754. The zero-order valence-electron chi connectivity index (χ0n) is 9.84. The van der Waals surface area contributed by atoms with E-state index in [1.54, 1.807) is 0 Å². The van der Waals surface area contributed by atoms with Crippen LogP contribution in [0, 0.1) is 0 Å². The van der Waals surface area contributed by atoms with Gasteiger partial charge in [0.05, 0.1) is 11.7 Å². The Hall–Kier alpha value is -2.22. The van der Waals surface area contributed by atoms with Crippen LogP contribution in [0.1, 0.15) is 0 Å². The molecule has 0 aromatic heterocycles. The number of nitrogens with one attached hydrogen (secondary N) is 1. The molecule has 4 rings (SSSR count). The van der Waals surface area contributed by atoms with E-state index in [-0.39, 0.29) is 12.1 Å². The summed E-state index contributed by atoms with van der Waals surface area (Å²) < 4.78 is 6.15. The molecule has 0 saturated heterocycles. The van der Waals surface area contributed by atoms with Crippen LogP contribution in [0.4, 0.5) is 5.69 Å². The predicted octanol–water partition coefficient (Wildman–Crippen LogP) is 3.51. The maximum atomic E-state index is 6.15. The predicted molar refractivity (Wildman–Crippen MR) is 74.1 cm³/mol. The summed E-state index contributed by atoms with van der Waals surface area (Å²) in [6.07, 6.45) is 8.43. The molecule has 0 bridgehead atoms. The van der Waals surface area contributed by atoms with E-state index in [0.717, 1.165) is 11.4 Å². The molecule has 0 saturated carbocycles. The summed E-state index contributed by atoms with van der Waals surface area (Å²) in [6, 6.07) is 12.8. The summed E-state index contributed by atoms with van der Waals surface area (Å²) in [5.41, 5.74) is 1.08. The van der Waals surface area contributed by atoms with Crippen molar-refractivity contribution in [3.8, 4) is 5.75 Å². The number of benzene rings is 2. The molecule has 1 aliphatic heterocycles. The number of fused-ring (bicyclic) bond motifs is 4. The van der Waals surface area contributed by atoms with Crippen molar-refractivity contribution < 1.29 is 4.74 Å². The van der Waals surface area contributed by atoms with E-state index in [9.17, 15) is 0 Å². The fourth-order valence-electron chi connectivity index (χ4n) is 2.63. The van der Waals surface area contributed by atoms with Gasteiger partial charge >= 0.3 is 0 Å². The standard InChI is InChI=1S/C16H13NO/c1-2-6-12-11(5-1)9-10-14-16(12)18-15-8-4-3-7-13(15)17-14/h1-10,13,15,17H/t13-,15?/m1/s1. The highest BCUT2D eigenvalue weighted by molar-refractivity contribution is 5.94. The summed E-state index contributed by atoms with van der Waals surface area (Å²) in [7, 11) is 0. The molecule has 1 heterocycles. The van der Waals surface area contributed by atoms with Gasteiger partial charge in [-0.25, -0.2) is 0 Å². The molecule has 1 unspecified atom stereocenters. The molecule has 88 valence electrons. The van der Waals surface area contributed by atoms with E-state index in [4.69, 9.17) is 4.74 Å². The largest absolute Gasteiger partial charge is 0.481 e. The molecule has 2 aromatic carbocycles. The Morgan fingerprint density at radius 2 is 1.83 bits per heavy atom. The normalized spacial score (nSPS) is 24.0. The number of anilines is 1. The molecular formula is C16H13NO. The molecule has 0 amide bonds. The van der Waals surface area contributed by atoms with Gasteiger partial charge in [-0.05, 0) is 17.5 Å².